The van der Waals surface area contributed by atoms with Gasteiger partial charge in [0.25, 0.3) is 0 Å². The highest BCUT2D eigenvalue weighted by atomic mass is 35.5. The third kappa shape index (κ3) is 4.22. The molecule has 0 saturated heterocycles. The molecule has 2 aromatic carbocycles. The van der Waals surface area contributed by atoms with E-state index < -0.39 is 6.10 Å². The third-order valence-electron chi connectivity index (χ3n) is 2.71. The first kappa shape index (κ1) is 14.4. The Morgan fingerprint density at radius 3 is 2.47 bits per heavy atom. The van der Waals surface area contributed by atoms with Gasteiger partial charge in [-0.3, -0.25) is 0 Å². The molecule has 0 bridgehead atoms. The summed E-state index contributed by atoms with van der Waals surface area (Å²) in [7, 11) is 0. The number of halogens is 2. The zero-order chi connectivity index (χ0) is 13.7. The molecule has 0 radical (unpaired) electrons. The summed E-state index contributed by atoms with van der Waals surface area (Å²) in [4.78, 5) is 0. The molecule has 0 amide bonds. The second-order valence-electron chi connectivity index (χ2n) is 4.18. The highest BCUT2D eigenvalue weighted by molar-refractivity contribution is 6.35. The number of benzene rings is 2. The van der Waals surface area contributed by atoms with Crippen LogP contribution in [0, 0.1) is 0 Å². The van der Waals surface area contributed by atoms with Crippen molar-refractivity contribution >= 4 is 23.2 Å². The van der Waals surface area contributed by atoms with Crippen LogP contribution in [0.3, 0.4) is 0 Å². The van der Waals surface area contributed by atoms with Gasteiger partial charge in [0.15, 0.2) is 0 Å². The highest BCUT2D eigenvalue weighted by Crippen LogP contribution is 2.26. The SMILES string of the molecule is OC(COCc1ccccc1)c1ccc(Cl)cc1Cl. The van der Waals surface area contributed by atoms with Gasteiger partial charge < -0.3 is 9.84 Å². The standard InChI is InChI=1S/C15H14Cl2O2/c16-12-6-7-13(14(17)8-12)15(18)10-19-9-11-4-2-1-3-5-11/h1-8,15,18H,9-10H2. The molecule has 1 atom stereocenters. The Morgan fingerprint density at radius 1 is 1.05 bits per heavy atom. The number of ether oxygens (including phenoxy) is 1. The van der Waals surface area contributed by atoms with Crippen molar-refractivity contribution in [3.05, 3.63) is 69.7 Å². The van der Waals surface area contributed by atoms with E-state index in [-0.39, 0.29) is 6.61 Å². The van der Waals surface area contributed by atoms with Crippen LogP contribution in [0.5, 0.6) is 0 Å². The third-order valence-corrected chi connectivity index (χ3v) is 3.27. The van der Waals surface area contributed by atoms with Gasteiger partial charge >= 0.3 is 0 Å². The van der Waals surface area contributed by atoms with Gasteiger partial charge in [0.2, 0.25) is 0 Å². The molecule has 1 unspecified atom stereocenters. The van der Waals surface area contributed by atoms with Gasteiger partial charge in [-0.05, 0) is 17.7 Å². The maximum absolute atomic E-state index is 10.0. The van der Waals surface area contributed by atoms with Gasteiger partial charge in [0.05, 0.1) is 13.2 Å². The van der Waals surface area contributed by atoms with Crippen molar-refractivity contribution in [3.63, 3.8) is 0 Å². The number of hydrogen-bond donors (Lipinski definition) is 1. The van der Waals surface area contributed by atoms with E-state index >= 15 is 0 Å². The first-order valence-electron chi connectivity index (χ1n) is 5.91. The Hall–Kier alpha value is -1.06. The number of aliphatic hydroxyl groups excluding tert-OH is 1. The molecule has 0 saturated carbocycles. The van der Waals surface area contributed by atoms with Crippen molar-refractivity contribution in [3.8, 4) is 0 Å². The van der Waals surface area contributed by atoms with Crippen molar-refractivity contribution in [2.75, 3.05) is 6.61 Å². The average molecular weight is 297 g/mol. The molecule has 2 nitrogen and oxygen atoms in total. The summed E-state index contributed by atoms with van der Waals surface area (Å²) in [6.45, 7) is 0.652. The normalized spacial score (nSPS) is 12.4. The molecule has 19 heavy (non-hydrogen) atoms. The van der Waals surface area contributed by atoms with E-state index in [4.69, 9.17) is 27.9 Å². The lowest BCUT2D eigenvalue weighted by molar-refractivity contribution is 0.0277. The fourth-order valence-corrected chi connectivity index (χ4v) is 2.26. The van der Waals surface area contributed by atoms with Gasteiger partial charge in [-0.15, -0.1) is 0 Å². The van der Waals surface area contributed by atoms with Gasteiger partial charge in [-0.2, -0.15) is 0 Å². The first-order valence-corrected chi connectivity index (χ1v) is 6.67. The monoisotopic (exact) mass is 296 g/mol. The Labute approximate surface area is 122 Å². The van der Waals surface area contributed by atoms with Crippen LogP contribution in [0.25, 0.3) is 0 Å². The topological polar surface area (TPSA) is 29.5 Å². The van der Waals surface area contributed by atoms with Crippen molar-refractivity contribution in [2.45, 2.75) is 12.7 Å². The predicted octanol–water partition coefficient (Wildman–Crippen LogP) is 4.24. The molecule has 100 valence electrons. The Morgan fingerprint density at radius 2 is 1.79 bits per heavy atom. The Bertz CT molecular complexity index is 529. The fourth-order valence-electron chi connectivity index (χ4n) is 1.72. The average Bonchev–Trinajstić information content (AvgIpc) is 2.39. The quantitative estimate of drug-likeness (QED) is 0.894. The van der Waals surface area contributed by atoms with Crippen molar-refractivity contribution in [1.29, 1.82) is 0 Å². The summed E-state index contributed by atoms with van der Waals surface area (Å²) < 4.78 is 5.48. The smallest absolute Gasteiger partial charge is 0.104 e. The van der Waals surface area contributed by atoms with E-state index in [1.54, 1.807) is 18.2 Å². The second kappa shape index (κ2) is 6.92. The van der Waals surface area contributed by atoms with Gasteiger partial charge in [-0.25, -0.2) is 0 Å². The van der Waals surface area contributed by atoms with Crippen LogP contribution in [-0.2, 0) is 11.3 Å². The molecule has 0 aromatic heterocycles. The molecule has 0 aliphatic carbocycles. The summed E-state index contributed by atoms with van der Waals surface area (Å²) >= 11 is 11.8. The second-order valence-corrected chi connectivity index (χ2v) is 5.03. The predicted molar refractivity (Wildman–Crippen MR) is 77.5 cm³/mol. The molecule has 4 heteroatoms. The maximum atomic E-state index is 10.0. The fraction of sp³-hybridized carbons (Fsp3) is 0.200. The molecule has 0 spiro atoms. The van der Waals surface area contributed by atoms with Crippen LogP contribution in [0.2, 0.25) is 10.0 Å². The van der Waals surface area contributed by atoms with Crippen molar-refractivity contribution in [2.24, 2.45) is 0 Å². The Balaban J connectivity index is 1.89. The largest absolute Gasteiger partial charge is 0.386 e. The number of hydrogen-bond acceptors (Lipinski definition) is 2. The minimum absolute atomic E-state index is 0.191. The number of rotatable bonds is 5. The zero-order valence-corrected chi connectivity index (χ0v) is 11.7. The molecule has 0 fully saturated rings. The summed E-state index contributed by atoms with van der Waals surface area (Å²) in [5, 5.41) is 11.0. The zero-order valence-electron chi connectivity index (χ0n) is 10.2. The van der Waals surface area contributed by atoms with Crippen LogP contribution in [0.4, 0.5) is 0 Å². The minimum Gasteiger partial charge on any atom is -0.386 e. The Kier molecular flexibility index (Phi) is 5.23. The van der Waals surface area contributed by atoms with Gasteiger partial charge in [0, 0.05) is 15.6 Å². The van der Waals surface area contributed by atoms with E-state index in [2.05, 4.69) is 0 Å². The van der Waals surface area contributed by atoms with Crippen molar-refractivity contribution < 1.29 is 9.84 Å². The highest BCUT2D eigenvalue weighted by Gasteiger charge is 2.12. The molecule has 0 heterocycles. The van der Waals surface area contributed by atoms with Gasteiger partial charge in [-0.1, -0.05) is 59.6 Å². The molecular formula is C15H14Cl2O2. The summed E-state index contributed by atoms with van der Waals surface area (Å²) in [6.07, 6.45) is -0.756. The molecule has 0 aliphatic heterocycles. The molecule has 1 N–H and O–H groups in total. The summed E-state index contributed by atoms with van der Waals surface area (Å²) in [5.74, 6) is 0. The minimum atomic E-state index is -0.756. The molecular weight excluding hydrogens is 283 g/mol. The maximum Gasteiger partial charge on any atom is 0.104 e. The van der Waals surface area contributed by atoms with E-state index in [1.807, 2.05) is 30.3 Å². The van der Waals surface area contributed by atoms with E-state index in [0.29, 0.717) is 22.2 Å². The van der Waals surface area contributed by atoms with E-state index in [9.17, 15) is 5.11 Å². The van der Waals surface area contributed by atoms with Crippen LogP contribution in [0.1, 0.15) is 17.2 Å². The summed E-state index contributed by atoms with van der Waals surface area (Å²) in [6, 6.07) is 14.8. The number of aliphatic hydroxyl groups is 1. The summed E-state index contributed by atoms with van der Waals surface area (Å²) in [5.41, 5.74) is 1.69. The lowest BCUT2D eigenvalue weighted by atomic mass is 10.1. The lowest BCUT2D eigenvalue weighted by Gasteiger charge is -2.13. The van der Waals surface area contributed by atoms with Crippen molar-refractivity contribution in [1.82, 2.24) is 0 Å². The molecule has 2 aromatic rings. The molecule has 2 rings (SSSR count). The van der Waals surface area contributed by atoms with E-state index in [1.165, 1.54) is 0 Å². The van der Waals surface area contributed by atoms with E-state index in [0.717, 1.165) is 5.56 Å². The molecule has 0 aliphatic rings. The van der Waals surface area contributed by atoms with Gasteiger partial charge in [0.1, 0.15) is 6.10 Å². The van der Waals surface area contributed by atoms with Crippen LogP contribution < -0.4 is 0 Å². The van der Waals surface area contributed by atoms with Crippen LogP contribution in [0.15, 0.2) is 48.5 Å². The lowest BCUT2D eigenvalue weighted by Crippen LogP contribution is -2.07. The van der Waals surface area contributed by atoms with Crippen LogP contribution >= 0.6 is 23.2 Å². The first-order chi connectivity index (χ1) is 9.16. The van der Waals surface area contributed by atoms with Crippen LogP contribution in [-0.4, -0.2) is 11.7 Å².